The van der Waals surface area contributed by atoms with Gasteiger partial charge in [-0.1, -0.05) is 24.3 Å². The number of carbonyl (C=O) groups is 2. The van der Waals surface area contributed by atoms with Gasteiger partial charge in [0, 0.05) is 18.8 Å². The zero-order chi connectivity index (χ0) is 18.4. The van der Waals surface area contributed by atoms with Crippen LogP contribution < -0.4 is 21.5 Å². The number of carbonyl (C=O) groups excluding carboxylic acids is 2. The molecule has 0 atom stereocenters. The first kappa shape index (κ1) is 18.6. The summed E-state index contributed by atoms with van der Waals surface area (Å²) in [5, 5.41) is 9.86. The summed E-state index contributed by atoms with van der Waals surface area (Å²) in [4.78, 5) is 23.6. The van der Waals surface area contributed by atoms with Gasteiger partial charge in [-0.25, -0.2) is 13.6 Å². The first-order chi connectivity index (χ1) is 11.8. The van der Waals surface area contributed by atoms with Gasteiger partial charge in [0.15, 0.2) is 0 Å². The molecule has 0 radical (unpaired) electrons. The van der Waals surface area contributed by atoms with Gasteiger partial charge in [-0.05, 0) is 35.4 Å². The lowest BCUT2D eigenvalue weighted by Gasteiger charge is -2.08. The Morgan fingerprint density at radius 3 is 2.20 bits per heavy atom. The molecule has 2 rings (SSSR count). The van der Waals surface area contributed by atoms with Gasteiger partial charge in [0.25, 0.3) is 0 Å². The number of nitrogens with two attached hydrogens (primary N) is 2. The lowest BCUT2D eigenvalue weighted by molar-refractivity contribution is -0.136. The normalized spacial score (nSPS) is 11.0. The van der Waals surface area contributed by atoms with E-state index in [0.717, 1.165) is 11.1 Å². The fourth-order valence-electron chi connectivity index (χ4n) is 2.05. The lowest BCUT2D eigenvalue weighted by atomic mass is 10.1. The van der Waals surface area contributed by atoms with Crippen LogP contribution in [0.3, 0.4) is 0 Å². The number of rotatable bonds is 5. The molecule has 6 N–H and O–H groups in total. The Hall–Kier alpha value is -2.75. The molecule has 0 aliphatic carbocycles. The molecule has 0 bridgehead atoms. The van der Waals surface area contributed by atoms with E-state index in [1.54, 1.807) is 0 Å². The molecule has 2 aromatic rings. The highest BCUT2D eigenvalue weighted by Gasteiger charge is 2.14. The van der Waals surface area contributed by atoms with Crippen molar-refractivity contribution in [1.82, 2.24) is 5.32 Å². The Morgan fingerprint density at radius 1 is 0.960 bits per heavy atom. The van der Waals surface area contributed by atoms with Crippen molar-refractivity contribution in [3.63, 3.8) is 0 Å². The second-order valence-electron chi connectivity index (χ2n) is 5.23. The van der Waals surface area contributed by atoms with Gasteiger partial charge in [0.2, 0.25) is 10.0 Å². The molecular formula is C16H18N4O4S. The molecule has 0 heterocycles. The summed E-state index contributed by atoms with van der Waals surface area (Å²) in [6.07, 6.45) is 0. The minimum atomic E-state index is -3.81. The Kier molecular flexibility index (Phi) is 5.86. The molecule has 25 heavy (non-hydrogen) atoms. The summed E-state index contributed by atoms with van der Waals surface area (Å²) >= 11 is 0. The van der Waals surface area contributed by atoms with Gasteiger partial charge in [0.1, 0.15) is 0 Å². The molecule has 0 aromatic heterocycles. The number of anilines is 1. The zero-order valence-electron chi connectivity index (χ0n) is 13.2. The highest BCUT2D eigenvalue weighted by atomic mass is 32.2. The van der Waals surface area contributed by atoms with Crippen LogP contribution in [0.15, 0.2) is 53.4 Å². The first-order valence-electron chi connectivity index (χ1n) is 7.29. The largest absolute Gasteiger partial charge is 0.344 e. The monoisotopic (exact) mass is 362 g/mol. The van der Waals surface area contributed by atoms with Crippen LogP contribution in [0.5, 0.6) is 0 Å². The fraction of sp³-hybridized carbons (Fsp3) is 0.125. The Morgan fingerprint density at radius 2 is 1.60 bits per heavy atom. The lowest BCUT2D eigenvalue weighted by Crippen LogP contribution is -2.35. The average molecular weight is 362 g/mol. The molecule has 0 saturated heterocycles. The molecule has 0 aliphatic rings. The van der Waals surface area contributed by atoms with E-state index in [4.69, 9.17) is 10.9 Å². The van der Waals surface area contributed by atoms with Gasteiger partial charge in [0.05, 0.1) is 4.90 Å². The van der Waals surface area contributed by atoms with E-state index in [9.17, 15) is 18.0 Å². The molecule has 0 aliphatic heterocycles. The number of nitrogens with one attached hydrogen (secondary N) is 2. The smallest absolute Gasteiger partial charge is 0.313 e. The summed E-state index contributed by atoms with van der Waals surface area (Å²) in [5.41, 5.74) is 7.57. The van der Waals surface area contributed by atoms with E-state index in [1.165, 1.54) is 24.3 Å². The highest BCUT2D eigenvalue weighted by molar-refractivity contribution is 7.89. The first-order valence-corrected chi connectivity index (χ1v) is 8.84. The number of amides is 2. The number of hydrogen-bond donors (Lipinski definition) is 4. The van der Waals surface area contributed by atoms with E-state index in [2.05, 4.69) is 10.6 Å². The third-order valence-corrected chi connectivity index (χ3v) is 4.26. The minimum Gasteiger partial charge on any atom is -0.344 e. The molecule has 0 spiro atoms. The van der Waals surface area contributed by atoms with Crippen molar-refractivity contribution < 1.29 is 18.0 Å². The van der Waals surface area contributed by atoms with Crippen molar-refractivity contribution in [2.24, 2.45) is 10.9 Å². The summed E-state index contributed by atoms with van der Waals surface area (Å²) in [5.74, 6) is -1.67. The van der Waals surface area contributed by atoms with E-state index in [1.807, 2.05) is 24.3 Å². The van der Waals surface area contributed by atoms with Crippen LogP contribution in [0, 0.1) is 0 Å². The Bertz CT molecular complexity index is 879. The fourth-order valence-corrected chi connectivity index (χ4v) is 2.56. The molecule has 8 nitrogen and oxygen atoms in total. The van der Waals surface area contributed by atoms with Crippen molar-refractivity contribution in [3.8, 4) is 0 Å². The third kappa shape index (κ3) is 5.38. The highest BCUT2D eigenvalue weighted by Crippen LogP contribution is 2.12. The summed E-state index contributed by atoms with van der Waals surface area (Å²) < 4.78 is 22.3. The van der Waals surface area contributed by atoms with Crippen LogP contribution in [0.4, 0.5) is 5.69 Å². The van der Waals surface area contributed by atoms with Gasteiger partial charge in [-0.2, -0.15) is 0 Å². The van der Waals surface area contributed by atoms with Gasteiger partial charge in [-0.3, -0.25) is 9.59 Å². The maximum atomic E-state index is 11.9. The van der Waals surface area contributed by atoms with Crippen molar-refractivity contribution in [3.05, 3.63) is 59.7 Å². The number of primary sulfonamides is 1. The second kappa shape index (κ2) is 7.88. The van der Waals surface area contributed by atoms with E-state index >= 15 is 0 Å². The van der Waals surface area contributed by atoms with Gasteiger partial charge >= 0.3 is 11.8 Å². The summed E-state index contributed by atoms with van der Waals surface area (Å²) in [6.45, 7) is 0.571. The summed E-state index contributed by atoms with van der Waals surface area (Å²) in [7, 11) is -3.81. The van der Waals surface area contributed by atoms with Crippen LogP contribution in [-0.4, -0.2) is 20.2 Å². The van der Waals surface area contributed by atoms with Crippen LogP contribution in [0.1, 0.15) is 11.1 Å². The predicted octanol–water partition coefficient (Wildman–Crippen LogP) is 0.0476. The minimum absolute atomic E-state index is 0.0882. The number of sulfonamides is 1. The van der Waals surface area contributed by atoms with Gasteiger partial charge in [-0.15, -0.1) is 0 Å². The molecule has 0 fully saturated rings. The van der Waals surface area contributed by atoms with Crippen LogP contribution >= 0.6 is 0 Å². The third-order valence-electron chi connectivity index (χ3n) is 3.33. The molecule has 2 amide bonds. The Labute approximate surface area is 145 Å². The summed E-state index contributed by atoms with van der Waals surface area (Å²) in [6, 6.07) is 12.5. The Balaban J connectivity index is 1.92. The second-order valence-corrected chi connectivity index (χ2v) is 6.79. The predicted molar refractivity (Wildman–Crippen MR) is 92.6 cm³/mol. The average Bonchev–Trinajstić information content (AvgIpc) is 2.59. The molecule has 0 saturated carbocycles. The van der Waals surface area contributed by atoms with E-state index in [0.29, 0.717) is 6.54 Å². The van der Waals surface area contributed by atoms with Gasteiger partial charge < -0.3 is 16.4 Å². The maximum absolute atomic E-state index is 11.9. The molecule has 0 unspecified atom stereocenters. The SMILES string of the molecule is NCc1cccc(CNC(=O)C(=O)Nc2ccc(S(N)(=O)=O)cc2)c1. The standard InChI is InChI=1S/C16H18N4O4S/c17-9-11-2-1-3-12(8-11)10-19-15(21)16(22)20-13-4-6-14(7-5-13)25(18,23)24/h1-8H,9-10,17H2,(H,19,21)(H,20,22)(H2,18,23,24). The number of hydrogen-bond acceptors (Lipinski definition) is 5. The van der Waals surface area contributed by atoms with Crippen LogP contribution in [-0.2, 0) is 32.7 Å². The molecular weight excluding hydrogens is 344 g/mol. The zero-order valence-corrected chi connectivity index (χ0v) is 14.0. The van der Waals surface area contributed by atoms with Crippen LogP contribution in [0.2, 0.25) is 0 Å². The quantitative estimate of drug-likeness (QED) is 0.555. The van der Waals surface area contributed by atoms with Crippen molar-refractivity contribution in [2.75, 3.05) is 5.32 Å². The molecule has 9 heteroatoms. The van der Waals surface area contributed by atoms with E-state index in [-0.39, 0.29) is 17.1 Å². The number of benzene rings is 2. The molecule has 2 aromatic carbocycles. The van der Waals surface area contributed by atoms with Crippen LogP contribution in [0.25, 0.3) is 0 Å². The van der Waals surface area contributed by atoms with Crippen molar-refractivity contribution in [2.45, 2.75) is 18.0 Å². The van der Waals surface area contributed by atoms with Crippen molar-refractivity contribution >= 4 is 27.5 Å². The topological polar surface area (TPSA) is 144 Å². The van der Waals surface area contributed by atoms with E-state index < -0.39 is 21.8 Å². The molecule has 132 valence electrons. The maximum Gasteiger partial charge on any atom is 0.313 e. The van der Waals surface area contributed by atoms with Crippen molar-refractivity contribution in [1.29, 1.82) is 0 Å².